The van der Waals surface area contributed by atoms with Crippen LogP contribution >= 0.6 is 23.2 Å². The number of methoxy groups -OCH3 is 1. The highest BCUT2D eigenvalue weighted by Gasteiger charge is 2.34. The van der Waals surface area contributed by atoms with Crippen LogP contribution in [0.15, 0.2) is 102 Å². The molecule has 1 atom stereocenters. The molecule has 0 bridgehead atoms. The summed E-state index contributed by atoms with van der Waals surface area (Å²) in [6.07, 6.45) is 0.195. The first-order chi connectivity index (χ1) is 21.0. The van der Waals surface area contributed by atoms with E-state index < -0.39 is 34.4 Å². The summed E-state index contributed by atoms with van der Waals surface area (Å²) in [5.41, 5.74) is 2.59. The van der Waals surface area contributed by atoms with Crippen molar-refractivity contribution in [3.8, 4) is 5.75 Å². The number of carbonyl (C=O) groups excluding carboxylic acids is 2. The fourth-order valence-corrected chi connectivity index (χ4v) is 6.40. The zero-order valence-corrected chi connectivity index (χ0v) is 26.9. The SMILES string of the molecule is CNC(=O)C(Cc1ccccc1)N(Cc1ccc(Cl)c(Cl)c1)C(=O)CN(c1ccc(OC)cc1)S(=O)(=O)c1ccc(C)cc1. The Bertz CT molecular complexity index is 1700. The average Bonchev–Trinajstić information content (AvgIpc) is 3.03. The van der Waals surface area contributed by atoms with E-state index in [1.807, 2.05) is 37.3 Å². The Balaban J connectivity index is 1.80. The smallest absolute Gasteiger partial charge is 0.264 e. The van der Waals surface area contributed by atoms with Crippen LogP contribution in [0.25, 0.3) is 0 Å². The first-order valence-electron chi connectivity index (χ1n) is 13.8. The van der Waals surface area contributed by atoms with Crippen LogP contribution in [0.3, 0.4) is 0 Å². The quantitative estimate of drug-likeness (QED) is 0.206. The number of benzene rings is 4. The molecule has 230 valence electrons. The molecule has 0 aliphatic rings. The summed E-state index contributed by atoms with van der Waals surface area (Å²) in [6, 6.07) is 26.0. The van der Waals surface area contributed by atoms with E-state index in [0.717, 1.165) is 15.4 Å². The van der Waals surface area contributed by atoms with Crippen LogP contribution in [0.2, 0.25) is 10.0 Å². The molecule has 1 N–H and O–H groups in total. The second-order valence-electron chi connectivity index (χ2n) is 10.1. The van der Waals surface area contributed by atoms with Gasteiger partial charge in [-0.3, -0.25) is 13.9 Å². The number of nitrogens with zero attached hydrogens (tertiary/aromatic N) is 2. The summed E-state index contributed by atoms with van der Waals surface area (Å²) in [5, 5.41) is 3.29. The number of carbonyl (C=O) groups is 2. The predicted molar refractivity (Wildman–Crippen MR) is 174 cm³/mol. The topological polar surface area (TPSA) is 96.0 Å². The standard InChI is InChI=1S/C33H33Cl2N3O5S/c1-23-9-16-28(17-10-23)44(41,42)38(26-12-14-27(43-3)15-13-26)22-32(39)37(21-25-11-18-29(34)30(35)19-25)31(33(40)36-2)20-24-7-5-4-6-8-24/h4-19,31H,20-22H2,1-3H3,(H,36,40). The first-order valence-corrected chi connectivity index (χ1v) is 16.0. The highest BCUT2D eigenvalue weighted by molar-refractivity contribution is 7.92. The Kier molecular flexibility index (Phi) is 10.9. The first kappa shape index (κ1) is 32.9. The van der Waals surface area contributed by atoms with Gasteiger partial charge in [0.2, 0.25) is 11.8 Å². The minimum atomic E-state index is -4.21. The molecule has 0 fully saturated rings. The molecule has 4 aromatic rings. The van der Waals surface area contributed by atoms with Crippen molar-refractivity contribution in [2.75, 3.05) is 25.0 Å². The molecule has 4 rings (SSSR count). The van der Waals surface area contributed by atoms with Gasteiger partial charge in [-0.15, -0.1) is 0 Å². The molecule has 0 saturated carbocycles. The van der Waals surface area contributed by atoms with Gasteiger partial charge < -0.3 is 15.0 Å². The molecule has 11 heteroatoms. The Hall–Kier alpha value is -4.05. The van der Waals surface area contributed by atoms with Gasteiger partial charge in [0.1, 0.15) is 18.3 Å². The zero-order chi connectivity index (χ0) is 31.9. The van der Waals surface area contributed by atoms with Crippen molar-refractivity contribution in [1.29, 1.82) is 0 Å². The molecule has 8 nitrogen and oxygen atoms in total. The minimum Gasteiger partial charge on any atom is -0.497 e. The number of likely N-dealkylation sites (N-methyl/N-ethyl adjacent to an activating group) is 1. The van der Waals surface area contributed by atoms with Gasteiger partial charge in [0.05, 0.1) is 27.7 Å². The highest BCUT2D eigenvalue weighted by Crippen LogP contribution is 2.28. The van der Waals surface area contributed by atoms with Crippen molar-refractivity contribution < 1.29 is 22.7 Å². The van der Waals surface area contributed by atoms with Gasteiger partial charge >= 0.3 is 0 Å². The maximum absolute atomic E-state index is 14.3. The third-order valence-electron chi connectivity index (χ3n) is 7.10. The summed E-state index contributed by atoms with van der Waals surface area (Å²) in [7, 11) is -1.21. The molecule has 0 aromatic heterocycles. The number of halogens is 2. The second-order valence-corrected chi connectivity index (χ2v) is 12.8. The number of amides is 2. The van der Waals surface area contributed by atoms with Crippen LogP contribution in [-0.2, 0) is 32.6 Å². The Morgan fingerprint density at radius 1 is 0.864 bits per heavy atom. The van der Waals surface area contributed by atoms with Crippen LogP contribution in [0.1, 0.15) is 16.7 Å². The normalized spacial score (nSPS) is 11.8. The second kappa shape index (κ2) is 14.6. The van der Waals surface area contributed by atoms with Crippen LogP contribution in [-0.4, -0.2) is 51.9 Å². The molecule has 1 unspecified atom stereocenters. The highest BCUT2D eigenvalue weighted by atomic mass is 35.5. The monoisotopic (exact) mass is 653 g/mol. The van der Waals surface area contributed by atoms with E-state index >= 15 is 0 Å². The molecule has 0 spiro atoms. The summed E-state index contributed by atoms with van der Waals surface area (Å²) in [6.45, 7) is 1.25. The molecule has 0 saturated heterocycles. The van der Waals surface area contributed by atoms with Crippen molar-refractivity contribution in [3.05, 3.63) is 124 Å². The maximum Gasteiger partial charge on any atom is 0.264 e. The Labute approximate surface area is 268 Å². The van der Waals surface area contributed by atoms with Gasteiger partial charge in [-0.05, 0) is 66.6 Å². The predicted octanol–water partition coefficient (Wildman–Crippen LogP) is 5.89. The summed E-state index contributed by atoms with van der Waals surface area (Å²) < 4.78 is 34.4. The fourth-order valence-electron chi connectivity index (χ4n) is 4.67. The number of nitrogens with one attached hydrogen (secondary N) is 1. The number of sulfonamides is 1. The van der Waals surface area contributed by atoms with Crippen molar-refractivity contribution in [2.45, 2.75) is 30.8 Å². The number of aryl methyl sites for hydroxylation is 1. The van der Waals surface area contributed by atoms with Crippen LogP contribution in [0.5, 0.6) is 5.75 Å². The van der Waals surface area contributed by atoms with E-state index in [9.17, 15) is 18.0 Å². The Morgan fingerprint density at radius 3 is 2.11 bits per heavy atom. The minimum absolute atomic E-state index is 0.0230. The lowest BCUT2D eigenvalue weighted by molar-refractivity contribution is -0.139. The molecule has 0 aliphatic carbocycles. The lowest BCUT2D eigenvalue weighted by Crippen LogP contribution is -2.53. The van der Waals surface area contributed by atoms with E-state index in [4.69, 9.17) is 27.9 Å². The van der Waals surface area contributed by atoms with Crippen molar-refractivity contribution >= 4 is 50.7 Å². The molecule has 4 aromatic carbocycles. The molecular weight excluding hydrogens is 621 g/mol. The molecule has 44 heavy (non-hydrogen) atoms. The molecular formula is C33H33Cl2N3O5S. The van der Waals surface area contributed by atoms with Gasteiger partial charge in [-0.25, -0.2) is 8.42 Å². The third kappa shape index (κ3) is 7.91. The van der Waals surface area contributed by atoms with E-state index in [1.54, 1.807) is 54.6 Å². The van der Waals surface area contributed by atoms with E-state index in [0.29, 0.717) is 16.3 Å². The van der Waals surface area contributed by atoms with Crippen LogP contribution in [0, 0.1) is 6.92 Å². The van der Waals surface area contributed by atoms with E-state index in [2.05, 4.69) is 5.32 Å². The number of hydrogen-bond acceptors (Lipinski definition) is 5. The van der Waals surface area contributed by atoms with Gasteiger partial charge in [-0.1, -0.05) is 77.3 Å². The number of rotatable bonds is 12. The van der Waals surface area contributed by atoms with Crippen molar-refractivity contribution in [1.82, 2.24) is 10.2 Å². The molecule has 0 radical (unpaired) electrons. The fraction of sp³-hybridized carbons (Fsp3) is 0.212. The summed E-state index contributed by atoms with van der Waals surface area (Å²) in [5.74, 6) is -0.469. The molecule has 0 heterocycles. The zero-order valence-electron chi connectivity index (χ0n) is 24.5. The summed E-state index contributed by atoms with van der Waals surface area (Å²) >= 11 is 12.4. The number of anilines is 1. The van der Waals surface area contributed by atoms with E-state index in [1.165, 1.54) is 31.2 Å². The molecule has 2 amide bonds. The maximum atomic E-state index is 14.3. The van der Waals surface area contributed by atoms with Crippen molar-refractivity contribution in [2.24, 2.45) is 0 Å². The van der Waals surface area contributed by atoms with Gasteiger partial charge in [-0.2, -0.15) is 0 Å². The number of hydrogen-bond donors (Lipinski definition) is 1. The van der Waals surface area contributed by atoms with Crippen molar-refractivity contribution in [3.63, 3.8) is 0 Å². The van der Waals surface area contributed by atoms with E-state index in [-0.39, 0.29) is 28.6 Å². The van der Waals surface area contributed by atoms with Crippen LogP contribution in [0.4, 0.5) is 5.69 Å². The average molecular weight is 655 g/mol. The summed E-state index contributed by atoms with van der Waals surface area (Å²) in [4.78, 5) is 29.1. The Morgan fingerprint density at radius 2 is 1.52 bits per heavy atom. The number of ether oxygens (including phenoxy) is 1. The lowest BCUT2D eigenvalue weighted by atomic mass is 10.0. The molecule has 0 aliphatic heterocycles. The largest absolute Gasteiger partial charge is 0.497 e. The van der Waals surface area contributed by atoms with Gasteiger partial charge in [0.15, 0.2) is 0 Å². The van der Waals surface area contributed by atoms with Gasteiger partial charge in [0, 0.05) is 20.0 Å². The van der Waals surface area contributed by atoms with Gasteiger partial charge in [0.25, 0.3) is 10.0 Å². The van der Waals surface area contributed by atoms with Crippen LogP contribution < -0.4 is 14.4 Å². The lowest BCUT2D eigenvalue weighted by Gasteiger charge is -2.33. The third-order valence-corrected chi connectivity index (χ3v) is 9.63.